The number of carbonyl (C=O) groups is 1. The molecule has 0 amide bonds. The zero-order valence-electron chi connectivity index (χ0n) is 12.8. The first-order valence-corrected chi connectivity index (χ1v) is 7.76. The minimum atomic E-state index is -0.815. The van der Waals surface area contributed by atoms with E-state index < -0.39 is 11.5 Å². The Hall–Kier alpha value is -0.650. The van der Waals surface area contributed by atoms with Crippen molar-refractivity contribution in [2.24, 2.45) is 0 Å². The van der Waals surface area contributed by atoms with Gasteiger partial charge in [0.1, 0.15) is 5.54 Å². The van der Waals surface area contributed by atoms with E-state index in [1.807, 2.05) is 6.92 Å². The number of hydrogen-bond donors (Lipinski definition) is 2. The Bertz CT molecular complexity index is 279. The summed E-state index contributed by atoms with van der Waals surface area (Å²) in [5.74, 6) is -0.772. The minimum absolute atomic E-state index is 0.269. The molecule has 1 saturated heterocycles. The molecule has 1 aliphatic rings. The van der Waals surface area contributed by atoms with Crippen LogP contribution in [-0.4, -0.2) is 49.1 Å². The van der Waals surface area contributed by atoms with Crippen LogP contribution < -0.4 is 5.32 Å². The van der Waals surface area contributed by atoms with Crippen LogP contribution >= 0.6 is 0 Å². The third-order valence-electron chi connectivity index (χ3n) is 3.78. The number of ether oxygens (including phenoxy) is 2. The maximum atomic E-state index is 11.3. The molecule has 0 bridgehead atoms. The van der Waals surface area contributed by atoms with Crippen LogP contribution in [0.4, 0.5) is 0 Å². The van der Waals surface area contributed by atoms with E-state index in [1.54, 1.807) is 6.92 Å². The summed E-state index contributed by atoms with van der Waals surface area (Å²) in [7, 11) is 0. The van der Waals surface area contributed by atoms with Crippen molar-refractivity contribution in [3.63, 3.8) is 0 Å². The van der Waals surface area contributed by atoms with Crippen molar-refractivity contribution in [3.05, 3.63) is 0 Å². The van der Waals surface area contributed by atoms with E-state index in [9.17, 15) is 9.90 Å². The number of carboxylic acid groups (broad SMARTS) is 1. The SMILES string of the molecule is CCCNC(C)(CCCCOCC1CCCO1)C(=O)O. The van der Waals surface area contributed by atoms with Gasteiger partial charge in [-0.1, -0.05) is 6.92 Å². The standard InChI is InChI=1S/C15H29NO4/c1-3-9-16-15(2,14(17)18)8-4-5-10-19-12-13-7-6-11-20-13/h13,16H,3-12H2,1-2H3,(H,17,18). The molecular formula is C15H29NO4. The molecule has 1 fully saturated rings. The van der Waals surface area contributed by atoms with Gasteiger partial charge in [-0.3, -0.25) is 4.79 Å². The van der Waals surface area contributed by atoms with Crippen LogP contribution in [0.15, 0.2) is 0 Å². The van der Waals surface area contributed by atoms with Crippen LogP contribution in [0.5, 0.6) is 0 Å². The van der Waals surface area contributed by atoms with Gasteiger partial charge in [0, 0.05) is 13.2 Å². The van der Waals surface area contributed by atoms with Gasteiger partial charge in [-0.15, -0.1) is 0 Å². The van der Waals surface area contributed by atoms with Gasteiger partial charge >= 0.3 is 5.97 Å². The van der Waals surface area contributed by atoms with E-state index in [2.05, 4.69) is 5.32 Å². The summed E-state index contributed by atoms with van der Waals surface area (Å²) in [6.45, 7) is 6.74. The Labute approximate surface area is 122 Å². The van der Waals surface area contributed by atoms with Gasteiger partial charge in [0.25, 0.3) is 0 Å². The largest absolute Gasteiger partial charge is 0.480 e. The second-order valence-corrected chi connectivity index (χ2v) is 5.73. The summed E-state index contributed by atoms with van der Waals surface area (Å²) in [4.78, 5) is 11.3. The summed E-state index contributed by atoms with van der Waals surface area (Å²) < 4.78 is 11.1. The Morgan fingerprint density at radius 2 is 2.30 bits per heavy atom. The van der Waals surface area contributed by atoms with Crippen LogP contribution in [0, 0.1) is 0 Å². The predicted molar refractivity (Wildman–Crippen MR) is 78.0 cm³/mol. The lowest BCUT2D eigenvalue weighted by Crippen LogP contribution is -2.49. The van der Waals surface area contributed by atoms with Gasteiger partial charge in [0.05, 0.1) is 12.7 Å². The molecule has 1 aliphatic heterocycles. The van der Waals surface area contributed by atoms with Crippen molar-refractivity contribution < 1.29 is 19.4 Å². The Balaban J connectivity index is 2.09. The van der Waals surface area contributed by atoms with E-state index in [0.717, 1.165) is 45.3 Å². The molecule has 0 saturated carbocycles. The van der Waals surface area contributed by atoms with Crippen molar-refractivity contribution in [3.8, 4) is 0 Å². The Kier molecular flexibility index (Phi) is 8.11. The molecule has 5 nitrogen and oxygen atoms in total. The van der Waals surface area contributed by atoms with Crippen LogP contribution in [-0.2, 0) is 14.3 Å². The topological polar surface area (TPSA) is 67.8 Å². The lowest BCUT2D eigenvalue weighted by Gasteiger charge is -2.26. The molecule has 2 atom stereocenters. The van der Waals surface area contributed by atoms with Crippen molar-refractivity contribution >= 4 is 5.97 Å². The average molecular weight is 287 g/mol. The highest BCUT2D eigenvalue weighted by Crippen LogP contribution is 2.15. The van der Waals surface area contributed by atoms with E-state index in [0.29, 0.717) is 19.6 Å². The fraction of sp³-hybridized carbons (Fsp3) is 0.933. The van der Waals surface area contributed by atoms with E-state index in [-0.39, 0.29) is 6.10 Å². The van der Waals surface area contributed by atoms with E-state index in [1.165, 1.54) is 0 Å². The van der Waals surface area contributed by atoms with Crippen LogP contribution in [0.1, 0.15) is 52.4 Å². The summed E-state index contributed by atoms with van der Waals surface area (Å²) >= 11 is 0. The van der Waals surface area contributed by atoms with E-state index >= 15 is 0 Å². The third-order valence-corrected chi connectivity index (χ3v) is 3.78. The summed E-state index contributed by atoms with van der Waals surface area (Å²) in [5, 5.41) is 12.4. The van der Waals surface area contributed by atoms with Crippen molar-refractivity contribution in [1.82, 2.24) is 5.32 Å². The molecule has 118 valence electrons. The first-order chi connectivity index (χ1) is 9.58. The molecule has 2 N–H and O–H groups in total. The first-order valence-electron chi connectivity index (χ1n) is 7.76. The number of aliphatic carboxylic acids is 1. The smallest absolute Gasteiger partial charge is 0.323 e. The summed E-state index contributed by atoms with van der Waals surface area (Å²) in [6, 6.07) is 0. The van der Waals surface area contributed by atoms with Gasteiger partial charge in [0.15, 0.2) is 0 Å². The van der Waals surface area contributed by atoms with Crippen LogP contribution in [0.25, 0.3) is 0 Å². The Morgan fingerprint density at radius 1 is 1.50 bits per heavy atom. The average Bonchev–Trinajstić information content (AvgIpc) is 2.93. The van der Waals surface area contributed by atoms with Crippen molar-refractivity contribution in [2.75, 3.05) is 26.4 Å². The molecule has 5 heteroatoms. The first kappa shape index (κ1) is 17.4. The molecule has 1 rings (SSSR count). The van der Waals surface area contributed by atoms with E-state index in [4.69, 9.17) is 9.47 Å². The summed E-state index contributed by atoms with van der Waals surface area (Å²) in [5.41, 5.74) is -0.815. The summed E-state index contributed by atoms with van der Waals surface area (Å²) in [6.07, 6.45) is 5.81. The fourth-order valence-corrected chi connectivity index (χ4v) is 2.35. The highest BCUT2D eigenvalue weighted by Gasteiger charge is 2.31. The van der Waals surface area contributed by atoms with Crippen molar-refractivity contribution in [2.45, 2.75) is 64.0 Å². The molecule has 20 heavy (non-hydrogen) atoms. The normalized spacial score (nSPS) is 21.8. The number of unbranched alkanes of at least 4 members (excludes halogenated alkanes) is 1. The minimum Gasteiger partial charge on any atom is -0.480 e. The highest BCUT2D eigenvalue weighted by atomic mass is 16.5. The van der Waals surface area contributed by atoms with Gasteiger partial charge in [0.2, 0.25) is 0 Å². The van der Waals surface area contributed by atoms with Crippen molar-refractivity contribution in [1.29, 1.82) is 0 Å². The number of nitrogens with one attached hydrogen (secondary N) is 1. The quantitative estimate of drug-likeness (QED) is 0.570. The monoisotopic (exact) mass is 287 g/mol. The lowest BCUT2D eigenvalue weighted by molar-refractivity contribution is -0.144. The van der Waals surface area contributed by atoms with Gasteiger partial charge < -0.3 is 19.9 Å². The third kappa shape index (κ3) is 6.20. The highest BCUT2D eigenvalue weighted by molar-refractivity contribution is 5.78. The second kappa shape index (κ2) is 9.32. The Morgan fingerprint density at radius 3 is 2.90 bits per heavy atom. The maximum Gasteiger partial charge on any atom is 0.323 e. The molecular weight excluding hydrogens is 258 g/mol. The molecule has 0 aromatic carbocycles. The molecule has 0 aromatic heterocycles. The molecule has 0 aliphatic carbocycles. The molecule has 1 heterocycles. The fourth-order valence-electron chi connectivity index (χ4n) is 2.35. The second-order valence-electron chi connectivity index (χ2n) is 5.73. The van der Waals surface area contributed by atoms with Gasteiger partial charge in [-0.25, -0.2) is 0 Å². The molecule has 0 radical (unpaired) electrons. The molecule has 0 spiro atoms. The van der Waals surface area contributed by atoms with Crippen LogP contribution in [0.3, 0.4) is 0 Å². The molecule has 2 unspecified atom stereocenters. The van der Waals surface area contributed by atoms with Gasteiger partial charge in [-0.2, -0.15) is 0 Å². The maximum absolute atomic E-state index is 11.3. The zero-order valence-corrected chi connectivity index (χ0v) is 12.8. The predicted octanol–water partition coefficient (Wildman–Crippen LogP) is 2.20. The zero-order chi connectivity index (χ0) is 14.8. The number of rotatable bonds is 11. The lowest BCUT2D eigenvalue weighted by atomic mass is 9.95. The number of hydrogen-bond acceptors (Lipinski definition) is 4. The molecule has 0 aromatic rings. The van der Waals surface area contributed by atoms with Gasteiger partial charge in [-0.05, 0) is 52.0 Å². The number of carboxylic acids is 1. The van der Waals surface area contributed by atoms with Crippen LogP contribution in [0.2, 0.25) is 0 Å².